The molecule has 0 aromatic heterocycles. The van der Waals surface area contributed by atoms with Crippen molar-refractivity contribution in [1.82, 2.24) is 0 Å². The molecule has 0 aliphatic heterocycles. The Morgan fingerprint density at radius 2 is 1.12 bits per heavy atom. The summed E-state index contributed by atoms with van der Waals surface area (Å²) in [6.07, 6.45) is -4.94. The predicted octanol–water partition coefficient (Wildman–Crippen LogP) is 3.50. The van der Waals surface area contributed by atoms with Crippen LogP contribution >= 0.6 is 0 Å². The van der Waals surface area contributed by atoms with E-state index in [1.54, 1.807) is 0 Å². The molecule has 142 valence electrons. The van der Waals surface area contributed by atoms with Gasteiger partial charge in [-0.15, -0.1) is 0 Å². The monoisotopic (exact) mass is 382 g/mol. The molecule has 0 bridgehead atoms. The standard InChI is InChI=1S/C10H8F10O4/c11-6(12,3-1-2-4(21)22)8(15,16)10(19,20)9(17,18)7(13,14)5(23)24/h1-3H2,(H,21,22)(H,23,24). The quantitative estimate of drug-likeness (QED) is 0.599. The number of carbonyl (C=O) groups is 2. The summed E-state index contributed by atoms with van der Waals surface area (Å²) in [5.74, 6) is -40.5. The molecule has 0 unspecified atom stereocenters. The van der Waals surface area contributed by atoms with E-state index in [2.05, 4.69) is 0 Å². The van der Waals surface area contributed by atoms with Crippen LogP contribution in [0, 0.1) is 0 Å². The third-order valence-corrected chi connectivity index (χ3v) is 2.79. The molecule has 14 heteroatoms. The molecular formula is C10H8F10O4. The molecule has 0 fully saturated rings. The summed E-state index contributed by atoms with van der Waals surface area (Å²) in [7, 11) is 0. The largest absolute Gasteiger partial charge is 0.481 e. The average Bonchev–Trinajstić information content (AvgIpc) is 2.36. The van der Waals surface area contributed by atoms with E-state index >= 15 is 0 Å². The van der Waals surface area contributed by atoms with E-state index in [1.165, 1.54) is 0 Å². The van der Waals surface area contributed by atoms with Gasteiger partial charge in [-0.05, 0) is 6.42 Å². The van der Waals surface area contributed by atoms with Gasteiger partial charge in [0, 0.05) is 12.8 Å². The molecule has 24 heavy (non-hydrogen) atoms. The maximum absolute atomic E-state index is 13.1. The molecule has 0 saturated carbocycles. The molecule has 0 aliphatic rings. The first-order valence-electron chi connectivity index (χ1n) is 5.70. The van der Waals surface area contributed by atoms with Crippen molar-refractivity contribution in [2.75, 3.05) is 0 Å². The Hall–Kier alpha value is -1.76. The highest BCUT2D eigenvalue weighted by atomic mass is 19.4. The van der Waals surface area contributed by atoms with E-state index in [0.29, 0.717) is 0 Å². The molecule has 4 nitrogen and oxygen atoms in total. The van der Waals surface area contributed by atoms with E-state index in [0.717, 1.165) is 0 Å². The lowest BCUT2D eigenvalue weighted by Crippen LogP contribution is -2.68. The summed E-state index contributed by atoms with van der Waals surface area (Å²) in [6, 6.07) is 0. The average molecular weight is 382 g/mol. The highest BCUT2D eigenvalue weighted by Crippen LogP contribution is 2.57. The highest BCUT2D eigenvalue weighted by Gasteiger charge is 2.87. The summed E-state index contributed by atoms with van der Waals surface area (Å²) in [5.41, 5.74) is 0. The minimum Gasteiger partial charge on any atom is -0.481 e. The van der Waals surface area contributed by atoms with E-state index < -0.39 is 60.8 Å². The SMILES string of the molecule is O=C(O)CCCC(F)(F)C(F)(F)C(F)(F)C(F)(F)C(F)(F)C(=O)O. The number of carboxylic acids is 2. The van der Waals surface area contributed by atoms with Crippen LogP contribution in [0.25, 0.3) is 0 Å². The van der Waals surface area contributed by atoms with Gasteiger partial charge < -0.3 is 10.2 Å². The van der Waals surface area contributed by atoms with Gasteiger partial charge in [0.2, 0.25) is 0 Å². The first-order chi connectivity index (χ1) is 10.4. The van der Waals surface area contributed by atoms with Crippen LogP contribution in [0.3, 0.4) is 0 Å². The van der Waals surface area contributed by atoms with Crippen LogP contribution < -0.4 is 0 Å². The molecule has 0 spiro atoms. The fourth-order valence-electron chi connectivity index (χ4n) is 1.38. The zero-order valence-electron chi connectivity index (χ0n) is 11.1. The molecule has 0 radical (unpaired) electrons. The lowest BCUT2D eigenvalue weighted by Gasteiger charge is -2.38. The minimum absolute atomic E-state index is 1.22. The Morgan fingerprint density at radius 3 is 1.46 bits per heavy atom. The van der Waals surface area contributed by atoms with Crippen LogP contribution in [0.1, 0.15) is 19.3 Å². The van der Waals surface area contributed by atoms with Crippen LogP contribution in [-0.4, -0.2) is 51.8 Å². The molecule has 0 aliphatic carbocycles. The molecule has 2 N–H and O–H groups in total. The van der Waals surface area contributed by atoms with Crippen LogP contribution in [0.5, 0.6) is 0 Å². The second-order valence-corrected chi connectivity index (χ2v) is 4.55. The fraction of sp³-hybridized carbons (Fsp3) is 0.800. The maximum atomic E-state index is 13.1. The van der Waals surface area contributed by atoms with Gasteiger partial charge in [0.15, 0.2) is 0 Å². The Morgan fingerprint density at radius 1 is 0.708 bits per heavy atom. The Balaban J connectivity index is 5.80. The van der Waals surface area contributed by atoms with Crippen molar-refractivity contribution in [1.29, 1.82) is 0 Å². The van der Waals surface area contributed by atoms with E-state index in [9.17, 15) is 53.5 Å². The zero-order chi connectivity index (χ0) is 19.8. The van der Waals surface area contributed by atoms with Crippen molar-refractivity contribution in [3.8, 4) is 0 Å². The predicted molar refractivity (Wildman–Crippen MR) is 53.9 cm³/mol. The third-order valence-electron chi connectivity index (χ3n) is 2.79. The van der Waals surface area contributed by atoms with Crippen LogP contribution in [0.15, 0.2) is 0 Å². The Bertz CT molecular complexity index is 502. The molecule has 0 amide bonds. The lowest BCUT2D eigenvalue weighted by atomic mass is 9.92. The van der Waals surface area contributed by atoms with Gasteiger partial charge >= 0.3 is 41.6 Å². The first kappa shape index (κ1) is 22.2. The van der Waals surface area contributed by atoms with Crippen molar-refractivity contribution in [2.45, 2.75) is 48.9 Å². The molecular weight excluding hydrogens is 374 g/mol. The number of hydrogen-bond donors (Lipinski definition) is 2. The fourth-order valence-corrected chi connectivity index (χ4v) is 1.38. The summed E-state index contributed by atoms with van der Waals surface area (Å²) in [5, 5.41) is 15.9. The number of alkyl halides is 10. The number of carboxylic acid groups (broad SMARTS) is 2. The molecule has 0 atom stereocenters. The van der Waals surface area contributed by atoms with Crippen molar-refractivity contribution < 1.29 is 63.7 Å². The summed E-state index contributed by atoms with van der Waals surface area (Å²) >= 11 is 0. The Kier molecular flexibility index (Phi) is 5.81. The Labute approximate surface area is 126 Å². The second kappa shape index (κ2) is 6.27. The third kappa shape index (κ3) is 3.36. The van der Waals surface area contributed by atoms with Gasteiger partial charge in [-0.3, -0.25) is 4.79 Å². The molecule has 0 aromatic carbocycles. The van der Waals surface area contributed by atoms with Gasteiger partial charge in [-0.2, -0.15) is 43.9 Å². The lowest BCUT2D eigenvalue weighted by molar-refractivity contribution is -0.397. The van der Waals surface area contributed by atoms with Crippen LogP contribution in [0.4, 0.5) is 43.9 Å². The van der Waals surface area contributed by atoms with E-state index in [1.807, 2.05) is 0 Å². The maximum Gasteiger partial charge on any atom is 0.410 e. The summed E-state index contributed by atoms with van der Waals surface area (Å²) in [4.78, 5) is 19.9. The smallest absolute Gasteiger partial charge is 0.410 e. The van der Waals surface area contributed by atoms with Crippen molar-refractivity contribution in [3.05, 3.63) is 0 Å². The second-order valence-electron chi connectivity index (χ2n) is 4.55. The summed E-state index contributed by atoms with van der Waals surface area (Å²) in [6.45, 7) is 0. The topological polar surface area (TPSA) is 74.6 Å². The molecule has 0 aromatic rings. The van der Waals surface area contributed by atoms with E-state index in [4.69, 9.17) is 10.2 Å². The highest BCUT2D eigenvalue weighted by molar-refractivity contribution is 5.77. The van der Waals surface area contributed by atoms with Gasteiger partial charge in [-0.25, -0.2) is 4.79 Å². The zero-order valence-corrected chi connectivity index (χ0v) is 11.1. The van der Waals surface area contributed by atoms with Crippen molar-refractivity contribution in [2.24, 2.45) is 0 Å². The molecule has 0 heterocycles. The minimum atomic E-state index is -7.46. The van der Waals surface area contributed by atoms with E-state index in [-0.39, 0.29) is 0 Å². The number of hydrogen-bond acceptors (Lipinski definition) is 2. The van der Waals surface area contributed by atoms with Crippen molar-refractivity contribution >= 4 is 11.9 Å². The van der Waals surface area contributed by atoms with Crippen LogP contribution in [0.2, 0.25) is 0 Å². The normalized spacial score (nSPS) is 14.6. The molecule has 0 saturated heterocycles. The van der Waals surface area contributed by atoms with Gasteiger partial charge in [-0.1, -0.05) is 0 Å². The van der Waals surface area contributed by atoms with Crippen LogP contribution in [-0.2, 0) is 9.59 Å². The van der Waals surface area contributed by atoms with Gasteiger partial charge in [0.1, 0.15) is 0 Å². The van der Waals surface area contributed by atoms with Crippen molar-refractivity contribution in [3.63, 3.8) is 0 Å². The summed E-state index contributed by atoms with van der Waals surface area (Å²) < 4.78 is 130. The number of halogens is 10. The number of aliphatic carboxylic acids is 2. The van der Waals surface area contributed by atoms with Gasteiger partial charge in [0.05, 0.1) is 0 Å². The molecule has 0 rings (SSSR count). The van der Waals surface area contributed by atoms with Gasteiger partial charge in [0.25, 0.3) is 0 Å². The number of rotatable bonds is 9. The first-order valence-corrected chi connectivity index (χ1v) is 5.70.